The predicted octanol–water partition coefficient (Wildman–Crippen LogP) is 1.04. The molecule has 3 aromatic rings. The number of ether oxygens (including phenoxy) is 2. The number of hydrogen-bond donors (Lipinski definition) is 3. The fourth-order valence-electron chi connectivity index (χ4n) is 4.22. The van der Waals surface area contributed by atoms with Crippen LogP contribution in [-0.4, -0.2) is 54.7 Å². The van der Waals surface area contributed by atoms with Gasteiger partial charge < -0.3 is 25.4 Å². The summed E-state index contributed by atoms with van der Waals surface area (Å²) in [4.78, 5) is 12.3. The largest absolute Gasteiger partial charge is 0.387 e. The Bertz CT molecular complexity index is 1050. The minimum Gasteiger partial charge on any atom is -0.387 e. The monoisotopic (exact) mass is 397 g/mol. The second kappa shape index (κ2) is 7.03. The molecule has 1 aromatic carbocycles. The van der Waals surface area contributed by atoms with Crippen LogP contribution in [-0.2, 0) is 15.9 Å². The molecule has 9 nitrogen and oxygen atoms in total. The maximum absolute atomic E-state index is 10.6. The third kappa shape index (κ3) is 3.06. The molecule has 5 rings (SSSR count). The number of fused-ring (bicyclic) bond motifs is 2. The summed E-state index contributed by atoms with van der Waals surface area (Å²) >= 11 is 0. The van der Waals surface area contributed by atoms with Gasteiger partial charge in [0.2, 0.25) is 0 Å². The number of rotatable bonds is 4. The van der Waals surface area contributed by atoms with Crippen molar-refractivity contribution in [2.24, 2.45) is 0 Å². The van der Waals surface area contributed by atoms with E-state index in [9.17, 15) is 10.2 Å². The molecule has 0 amide bonds. The molecule has 29 heavy (non-hydrogen) atoms. The Morgan fingerprint density at radius 3 is 2.97 bits per heavy atom. The SMILES string of the molecule is Cc1ccc2c(c1)C(OC[C@H]1O[C@@H](n3cnc4c(N)ncnc43)[C@H](O)[C@@H]1O)CC2. The Balaban J connectivity index is 1.32. The first-order valence-electron chi connectivity index (χ1n) is 9.68. The number of benzene rings is 1. The molecule has 0 radical (unpaired) electrons. The highest BCUT2D eigenvalue weighted by Crippen LogP contribution is 2.37. The number of nitrogen functional groups attached to an aromatic ring is 1. The van der Waals surface area contributed by atoms with Gasteiger partial charge >= 0.3 is 0 Å². The van der Waals surface area contributed by atoms with E-state index >= 15 is 0 Å². The van der Waals surface area contributed by atoms with E-state index in [2.05, 4.69) is 40.1 Å². The van der Waals surface area contributed by atoms with Crippen LogP contribution in [0, 0.1) is 6.92 Å². The van der Waals surface area contributed by atoms with Crippen molar-refractivity contribution in [1.29, 1.82) is 0 Å². The molecular formula is C20H23N5O4. The third-order valence-electron chi connectivity index (χ3n) is 5.78. The Morgan fingerprint density at radius 2 is 2.10 bits per heavy atom. The van der Waals surface area contributed by atoms with Crippen LogP contribution in [0.4, 0.5) is 5.82 Å². The summed E-state index contributed by atoms with van der Waals surface area (Å²) in [5.74, 6) is 0.247. The van der Waals surface area contributed by atoms with Gasteiger partial charge in [-0.3, -0.25) is 4.57 Å². The number of anilines is 1. The fraction of sp³-hybridized carbons (Fsp3) is 0.450. The zero-order valence-electron chi connectivity index (χ0n) is 16.0. The molecule has 1 saturated heterocycles. The topological polar surface area (TPSA) is 129 Å². The molecule has 0 bridgehead atoms. The van der Waals surface area contributed by atoms with Crippen molar-refractivity contribution in [3.8, 4) is 0 Å². The average molecular weight is 397 g/mol. The summed E-state index contributed by atoms with van der Waals surface area (Å²) < 4.78 is 13.6. The average Bonchev–Trinajstić information content (AvgIpc) is 3.38. The molecule has 9 heteroatoms. The molecule has 1 aliphatic carbocycles. The summed E-state index contributed by atoms with van der Waals surface area (Å²) in [6.07, 6.45) is 0.918. The van der Waals surface area contributed by atoms with Crippen LogP contribution in [0.3, 0.4) is 0 Å². The lowest BCUT2D eigenvalue weighted by Gasteiger charge is -2.19. The van der Waals surface area contributed by atoms with Gasteiger partial charge in [-0.2, -0.15) is 0 Å². The van der Waals surface area contributed by atoms with Crippen LogP contribution in [0.15, 0.2) is 30.9 Å². The molecular weight excluding hydrogens is 374 g/mol. The summed E-state index contributed by atoms with van der Waals surface area (Å²) in [7, 11) is 0. The lowest BCUT2D eigenvalue weighted by atomic mass is 10.1. The minimum absolute atomic E-state index is 0.0292. The van der Waals surface area contributed by atoms with E-state index in [1.54, 1.807) is 4.57 Å². The third-order valence-corrected chi connectivity index (χ3v) is 5.78. The van der Waals surface area contributed by atoms with Gasteiger partial charge in [-0.1, -0.05) is 23.8 Å². The summed E-state index contributed by atoms with van der Waals surface area (Å²) in [6.45, 7) is 2.24. The number of imidazole rings is 1. The molecule has 1 unspecified atom stereocenters. The Labute approximate surface area is 167 Å². The first-order valence-corrected chi connectivity index (χ1v) is 9.68. The van der Waals surface area contributed by atoms with Crippen LogP contribution in [0.25, 0.3) is 11.2 Å². The number of nitrogens with zero attached hydrogens (tertiary/aromatic N) is 4. The summed E-state index contributed by atoms with van der Waals surface area (Å²) in [6, 6.07) is 6.41. The molecule has 5 atom stereocenters. The number of aliphatic hydroxyl groups excluding tert-OH is 2. The zero-order valence-corrected chi connectivity index (χ0v) is 16.0. The Hall–Kier alpha value is -2.59. The fourth-order valence-corrected chi connectivity index (χ4v) is 4.22. The smallest absolute Gasteiger partial charge is 0.167 e. The maximum Gasteiger partial charge on any atom is 0.167 e. The van der Waals surface area contributed by atoms with Crippen molar-refractivity contribution >= 4 is 17.0 Å². The van der Waals surface area contributed by atoms with Gasteiger partial charge in [-0.05, 0) is 30.9 Å². The van der Waals surface area contributed by atoms with E-state index in [1.807, 2.05) is 0 Å². The van der Waals surface area contributed by atoms with Crippen LogP contribution in [0.5, 0.6) is 0 Å². The normalized spacial score (nSPS) is 28.9. The molecule has 2 aliphatic rings. The quantitative estimate of drug-likeness (QED) is 0.596. The number of aryl methyl sites for hydroxylation is 2. The van der Waals surface area contributed by atoms with E-state index < -0.39 is 24.5 Å². The van der Waals surface area contributed by atoms with Gasteiger partial charge in [-0.15, -0.1) is 0 Å². The van der Waals surface area contributed by atoms with Crippen LogP contribution in [0.1, 0.15) is 35.4 Å². The van der Waals surface area contributed by atoms with E-state index in [0.29, 0.717) is 11.2 Å². The lowest BCUT2D eigenvalue weighted by molar-refractivity contribution is -0.0813. The molecule has 152 valence electrons. The van der Waals surface area contributed by atoms with Crippen molar-refractivity contribution < 1.29 is 19.7 Å². The van der Waals surface area contributed by atoms with E-state index in [1.165, 1.54) is 29.3 Å². The summed E-state index contributed by atoms with van der Waals surface area (Å²) in [5, 5.41) is 21.1. The molecule has 1 fully saturated rings. The van der Waals surface area contributed by atoms with Gasteiger partial charge in [0.25, 0.3) is 0 Å². The molecule has 1 aliphatic heterocycles. The maximum atomic E-state index is 10.6. The Kier molecular flexibility index (Phi) is 4.47. The highest BCUT2D eigenvalue weighted by atomic mass is 16.6. The first-order chi connectivity index (χ1) is 14.0. The van der Waals surface area contributed by atoms with Crippen LogP contribution >= 0.6 is 0 Å². The van der Waals surface area contributed by atoms with Gasteiger partial charge in [0.05, 0.1) is 19.0 Å². The molecule has 0 saturated carbocycles. The van der Waals surface area contributed by atoms with Gasteiger partial charge in [0.15, 0.2) is 17.7 Å². The second-order valence-electron chi connectivity index (χ2n) is 7.69. The van der Waals surface area contributed by atoms with E-state index in [-0.39, 0.29) is 18.5 Å². The molecule has 3 heterocycles. The summed E-state index contributed by atoms with van der Waals surface area (Å²) in [5.41, 5.74) is 10.4. The number of aromatic nitrogens is 4. The van der Waals surface area contributed by atoms with Crippen LogP contribution in [0.2, 0.25) is 0 Å². The Morgan fingerprint density at radius 1 is 1.24 bits per heavy atom. The van der Waals surface area contributed by atoms with Gasteiger partial charge in [-0.25, -0.2) is 15.0 Å². The van der Waals surface area contributed by atoms with Crippen molar-refractivity contribution in [3.05, 3.63) is 47.5 Å². The highest BCUT2D eigenvalue weighted by Gasteiger charge is 2.45. The molecule has 2 aromatic heterocycles. The van der Waals surface area contributed by atoms with E-state index in [4.69, 9.17) is 15.2 Å². The van der Waals surface area contributed by atoms with Crippen molar-refractivity contribution in [2.45, 2.75) is 50.4 Å². The van der Waals surface area contributed by atoms with Gasteiger partial charge in [0, 0.05) is 0 Å². The molecule has 4 N–H and O–H groups in total. The lowest BCUT2D eigenvalue weighted by Crippen LogP contribution is -2.34. The number of hydrogen-bond acceptors (Lipinski definition) is 8. The zero-order chi connectivity index (χ0) is 20.1. The highest BCUT2D eigenvalue weighted by molar-refractivity contribution is 5.81. The second-order valence-corrected chi connectivity index (χ2v) is 7.69. The van der Waals surface area contributed by atoms with Crippen molar-refractivity contribution in [1.82, 2.24) is 19.5 Å². The standard InChI is InChI=1S/C20H23N5O4/c1-10-2-3-11-4-5-13(12(11)6-10)28-7-14-16(26)17(27)20(29-14)25-9-24-15-18(21)22-8-23-19(15)25/h2-3,6,8-9,13-14,16-17,20,26-27H,4-5,7H2,1H3,(H2,21,22,23)/t13?,14-,16-,17-,20-/m1/s1. The van der Waals surface area contributed by atoms with Crippen LogP contribution < -0.4 is 5.73 Å². The van der Waals surface area contributed by atoms with Crippen molar-refractivity contribution in [2.75, 3.05) is 12.3 Å². The van der Waals surface area contributed by atoms with E-state index in [0.717, 1.165) is 12.8 Å². The first kappa shape index (κ1) is 18.4. The minimum atomic E-state index is -1.14. The van der Waals surface area contributed by atoms with Crippen molar-refractivity contribution in [3.63, 3.8) is 0 Å². The van der Waals surface area contributed by atoms with Gasteiger partial charge in [0.1, 0.15) is 30.2 Å². The predicted molar refractivity (Wildman–Crippen MR) is 104 cm³/mol. The number of nitrogens with two attached hydrogens (primary N) is 1. The number of aliphatic hydroxyl groups is 2. The molecule has 0 spiro atoms.